The summed E-state index contributed by atoms with van der Waals surface area (Å²) in [5.41, 5.74) is 1.92. The van der Waals surface area contributed by atoms with Crippen LogP contribution in [-0.4, -0.2) is 41.6 Å². The van der Waals surface area contributed by atoms with E-state index >= 15 is 0 Å². The molecule has 0 aliphatic carbocycles. The summed E-state index contributed by atoms with van der Waals surface area (Å²) < 4.78 is 43.0. The molecular weight excluding hydrogens is 403 g/mol. The minimum atomic E-state index is -4.37. The monoisotopic (exact) mass is 419 g/mol. The molecule has 0 fully saturated rings. The Balaban J connectivity index is 1.99. The van der Waals surface area contributed by atoms with Gasteiger partial charge in [0.15, 0.2) is 0 Å². The van der Waals surface area contributed by atoms with Gasteiger partial charge in [-0.2, -0.15) is 18.3 Å². The normalized spacial score (nSPS) is 11.6. The van der Waals surface area contributed by atoms with Crippen molar-refractivity contribution >= 4 is 21.8 Å². The Morgan fingerprint density at radius 2 is 2.00 bits per heavy atom. The van der Waals surface area contributed by atoms with Crippen molar-refractivity contribution in [1.82, 2.24) is 15.1 Å². The van der Waals surface area contributed by atoms with Crippen LogP contribution in [-0.2, 0) is 11.2 Å². The van der Waals surface area contributed by atoms with Gasteiger partial charge in [0.05, 0.1) is 29.7 Å². The van der Waals surface area contributed by atoms with E-state index in [0.29, 0.717) is 12.0 Å². The molecule has 0 saturated heterocycles. The van der Waals surface area contributed by atoms with Gasteiger partial charge in [-0.05, 0) is 30.7 Å². The molecule has 0 aliphatic heterocycles. The van der Waals surface area contributed by atoms with Gasteiger partial charge in [0.25, 0.3) is 5.91 Å². The summed E-state index contributed by atoms with van der Waals surface area (Å²) >= 11 is 3.36. The molecule has 0 aliphatic rings. The number of hydrogen-bond donors (Lipinski definition) is 1. The number of carbonyl (C=O) groups is 1. The Morgan fingerprint density at radius 1 is 1.32 bits per heavy atom. The number of benzene rings is 1. The number of nitrogens with zero attached hydrogens (tertiary/aromatic N) is 2. The molecule has 136 valence electrons. The molecule has 1 amide bonds. The van der Waals surface area contributed by atoms with E-state index in [1.54, 1.807) is 4.68 Å². The topological polar surface area (TPSA) is 56.1 Å². The lowest BCUT2D eigenvalue weighted by molar-refractivity contribution is -0.173. The van der Waals surface area contributed by atoms with Crippen LogP contribution in [0.5, 0.6) is 0 Å². The third kappa shape index (κ3) is 5.57. The first kappa shape index (κ1) is 19.5. The molecule has 0 unspecified atom stereocenters. The summed E-state index contributed by atoms with van der Waals surface area (Å²) in [7, 11) is 0. The molecule has 0 spiro atoms. The zero-order valence-corrected chi connectivity index (χ0v) is 15.0. The number of alkyl halides is 3. The highest BCUT2D eigenvalue weighted by molar-refractivity contribution is 9.10. The highest BCUT2D eigenvalue weighted by Gasteiger charge is 2.27. The highest BCUT2D eigenvalue weighted by Crippen LogP contribution is 2.18. The van der Waals surface area contributed by atoms with Crippen LogP contribution in [0.1, 0.15) is 23.0 Å². The molecule has 0 atom stereocenters. The summed E-state index contributed by atoms with van der Waals surface area (Å²) in [4.78, 5) is 12.2. The third-order valence-corrected chi connectivity index (χ3v) is 3.85. The van der Waals surface area contributed by atoms with Crippen molar-refractivity contribution in [2.24, 2.45) is 0 Å². The lowest BCUT2D eigenvalue weighted by atomic mass is 10.2. The van der Waals surface area contributed by atoms with E-state index in [9.17, 15) is 18.0 Å². The minimum Gasteiger partial charge on any atom is -0.370 e. The van der Waals surface area contributed by atoms with Gasteiger partial charge < -0.3 is 10.1 Å². The number of halogens is 4. The molecule has 1 heterocycles. The predicted molar refractivity (Wildman–Crippen MR) is 89.8 cm³/mol. The van der Waals surface area contributed by atoms with Crippen molar-refractivity contribution in [3.63, 3.8) is 0 Å². The van der Waals surface area contributed by atoms with Crippen molar-refractivity contribution in [3.05, 3.63) is 46.2 Å². The molecule has 0 radical (unpaired) electrons. The zero-order valence-electron chi connectivity index (χ0n) is 13.4. The third-order valence-electron chi connectivity index (χ3n) is 3.32. The van der Waals surface area contributed by atoms with Crippen LogP contribution < -0.4 is 5.32 Å². The number of nitrogens with one attached hydrogen (secondary N) is 1. The first-order valence-corrected chi connectivity index (χ1v) is 8.36. The van der Waals surface area contributed by atoms with Gasteiger partial charge in [-0.1, -0.05) is 22.9 Å². The van der Waals surface area contributed by atoms with E-state index in [-0.39, 0.29) is 13.2 Å². The molecule has 0 saturated carbocycles. The quantitative estimate of drug-likeness (QED) is 0.698. The van der Waals surface area contributed by atoms with Crippen LogP contribution in [0.2, 0.25) is 0 Å². The molecule has 1 aromatic carbocycles. The maximum absolute atomic E-state index is 12.2. The van der Waals surface area contributed by atoms with Gasteiger partial charge in [-0.25, -0.2) is 4.68 Å². The molecular formula is C16H17BrF3N3O2. The number of ether oxygens (including phenoxy) is 1. The van der Waals surface area contributed by atoms with Gasteiger partial charge in [0, 0.05) is 11.0 Å². The van der Waals surface area contributed by atoms with Crippen LogP contribution in [0, 0.1) is 0 Å². The Labute approximate surface area is 151 Å². The van der Waals surface area contributed by atoms with Gasteiger partial charge in [-0.15, -0.1) is 0 Å². The number of carbonyl (C=O) groups excluding carboxylic acids is 1. The smallest absolute Gasteiger partial charge is 0.370 e. The van der Waals surface area contributed by atoms with E-state index in [4.69, 9.17) is 0 Å². The Kier molecular flexibility index (Phi) is 6.60. The fourth-order valence-corrected chi connectivity index (χ4v) is 2.49. The second-order valence-electron chi connectivity index (χ2n) is 5.17. The van der Waals surface area contributed by atoms with Crippen molar-refractivity contribution in [2.45, 2.75) is 19.5 Å². The zero-order chi connectivity index (χ0) is 18.4. The maximum Gasteiger partial charge on any atom is 0.411 e. The van der Waals surface area contributed by atoms with Crippen molar-refractivity contribution in [1.29, 1.82) is 0 Å². The average Bonchev–Trinajstić information content (AvgIpc) is 2.98. The van der Waals surface area contributed by atoms with Gasteiger partial charge in [-0.3, -0.25) is 4.79 Å². The van der Waals surface area contributed by atoms with Crippen molar-refractivity contribution in [3.8, 4) is 5.69 Å². The first-order valence-electron chi connectivity index (χ1n) is 7.57. The minimum absolute atomic E-state index is 0.0124. The Hall–Kier alpha value is -1.87. The van der Waals surface area contributed by atoms with E-state index < -0.39 is 18.7 Å². The van der Waals surface area contributed by atoms with Crippen LogP contribution in [0.15, 0.2) is 34.9 Å². The molecule has 2 rings (SSSR count). The van der Waals surface area contributed by atoms with E-state index in [1.807, 2.05) is 31.2 Å². The SMILES string of the molecule is CCc1c(C(=O)NCCOCC(F)(F)F)cnn1-c1ccc(Br)cc1. The molecule has 1 aromatic heterocycles. The molecule has 9 heteroatoms. The number of aromatic nitrogens is 2. The summed E-state index contributed by atoms with van der Waals surface area (Å²) in [5.74, 6) is -0.393. The second kappa shape index (κ2) is 8.48. The van der Waals surface area contributed by atoms with E-state index in [0.717, 1.165) is 15.9 Å². The van der Waals surface area contributed by atoms with E-state index in [2.05, 4.69) is 31.1 Å². The van der Waals surface area contributed by atoms with E-state index in [1.165, 1.54) is 6.20 Å². The van der Waals surface area contributed by atoms with Crippen LogP contribution in [0.4, 0.5) is 13.2 Å². The molecule has 1 N–H and O–H groups in total. The second-order valence-corrected chi connectivity index (χ2v) is 6.09. The molecule has 5 nitrogen and oxygen atoms in total. The lowest BCUT2D eigenvalue weighted by Crippen LogP contribution is -2.29. The number of amides is 1. The average molecular weight is 420 g/mol. The standard InChI is InChI=1S/C16H17BrF3N3O2/c1-2-14-13(15(24)21-7-8-25-10-16(18,19)20)9-22-23(14)12-5-3-11(17)4-6-12/h3-6,9H,2,7-8,10H2,1H3,(H,21,24). The summed E-state index contributed by atoms with van der Waals surface area (Å²) in [6.07, 6.45) is -2.35. The lowest BCUT2D eigenvalue weighted by Gasteiger charge is -2.10. The van der Waals surface area contributed by atoms with Crippen molar-refractivity contribution in [2.75, 3.05) is 19.8 Å². The van der Waals surface area contributed by atoms with Crippen LogP contribution in [0.25, 0.3) is 5.69 Å². The first-order chi connectivity index (χ1) is 11.8. The largest absolute Gasteiger partial charge is 0.411 e. The predicted octanol–water partition coefficient (Wildman–Crippen LogP) is 3.51. The Bertz CT molecular complexity index is 714. The fourth-order valence-electron chi connectivity index (χ4n) is 2.23. The molecule has 0 bridgehead atoms. The van der Waals surface area contributed by atoms with Crippen LogP contribution in [0.3, 0.4) is 0 Å². The number of hydrogen-bond acceptors (Lipinski definition) is 3. The van der Waals surface area contributed by atoms with Gasteiger partial charge in [0.2, 0.25) is 0 Å². The molecule has 2 aromatic rings. The Morgan fingerprint density at radius 3 is 2.60 bits per heavy atom. The maximum atomic E-state index is 12.2. The van der Waals surface area contributed by atoms with Gasteiger partial charge >= 0.3 is 6.18 Å². The summed E-state index contributed by atoms with van der Waals surface area (Å²) in [5, 5.41) is 6.79. The fraction of sp³-hybridized carbons (Fsp3) is 0.375. The summed E-state index contributed by atoms with van der Waals surface area (Å²) in [6, 6.07) is 7.47. The highest BCUT2D eigenvalue weighted by atomic mass is 79.9. The summed E-state index contributed by atoms with van der Waals surface area (Å²) in [6.45, 7) is 0.343. The van der Waals surface area contributed by atoms with Gasteiger partial charge in [0.1, 0.15) is 6.61 Å². The van der Waals surface area contributed by atoms with Crippen LogP contribution >= 0.6 is 15.9 Å². The van der Waals surface area contributed by atoms with Crippen molar-refractivity contribution < 1.29 is 22.7 Å². The molecule has 25 heavy (non-hydrogen) atoms. The number of rotatable bonds is 7.